The third kappa shape index (κ3) is 11.1. The lowest BCUT2D eigenvalue weighted by Crippen LogP contribution is -2.71. The predicted octanol–water partition coefficient (Wildman–Crippen LogP) is 7.04. The van der Waals surface area contributed by atoms with Gasteiger partial charge >= 0.3 is 11.9 Å². The van der Waals surface area contributed by atoms with Gasteiger partial charge in [-0.25, -0.2) is 19.1 Å². The van der Waals surface area contributed by atoms with Gasteiger partial charge in [0.25, 0.3) is 28.9 Å². The number of carbonyl (C=O) groups is 4. The molecule has 5 heterocycles. The number of rotatable bonds is 18. The lowest BCUT2D eigenvalue weighted by atomic mass is 9.77. The number of β-lactam (4-membered cyclic amide) rings is 1. The van der Waals surface area contributed by atoms with E-state index >= 15 is 0 Å². The van der Waals surface area contributed by atoms with Gasteiger partial charge < -0.3 is 35.4 Å². The summed E-state index contributed by atoms with van der Waals surface area (Å²) in [6.07, 6.45) is 1.64. The van der Waals surface area contributed by atoms with E-state index in [0.29, 0.717) is 38.6 Å². The summed E-state index contributed by atoms with van der Waals surface area (Å²) < 4.78 is 20.3. The van der Waals surface area contributed by atoms with Gasteiger partial charge in [0.2, 0.25) is 5.60 Å². The maximum Gasteiger partial charge on any atom is 0.355 e. The minimum Gasteiger partial charge on any atom is -0.497 e. The molecule has 3 aromatic heterocycles. The Morgan fingerprint density at radius 3 is 2.12 bits per heavy atom. The van der Waals surface area contributed by atoms with Crippen LogP contribution in [0.2, 0.25) is 0 Å². The Morgan fingerprint density at radius 2 is 1.52 bits per heavy atom. The molecule has 4 N–H and O–H groups in total. The van der Waals surface area contributed by atoms with Crippen molar-refractivity contribution in [2.24, 2.45) is 12.2 Å². The molecule has 0 bridgehead atoms. The van der Waals surface area contributed by atoms with Crippen LogP contribution in [0.15, 0.2) is 155 Å². The van der Waals surface area contributed by atoms with Crippen molar-refractivity contribution in [2.45, 2.75) is 74.5 Å². The summed E-state index contributed by atoms with van der Waals surface area (Å²) >= 11 is 3.90. The van der Waals surface area contributed by atoms with E-state index in [1.807, 2.05) is 98.0 Å². The molecule has 0 aliphatic carbocycles. The van der Waals surface area contributed by atoms with Crippen molar-refractivity contribution >= 4 is 80.9 Å². The van der Waals surface area contributed by atoms with E-state index in [9.17, 15) is 19.2 Å². The molecular weight excluding hydrogens is 1010 g/mol. The number of nitrogen functional groups attached to an aromatic ring is 1. The monoisotopic (exact) mass is 1070 g/mol. The highest BCUT2D eigenvalue weighted by Gasteiger charge is 2.55. The topological polar surface area (TPSA) is 218 Å². The smallest absolute Gasteiger partial charge is 0.355 e. The number of nitrogens with one attached hydrogen (secondary N) is 2. The summed E-state index contributed by atoms with van der Waals surface area (Å²) in [5, 5.41) is 17.2. The third-order valence-electron chi connectivity index (χ3n) is 12.2. The Kier molecular flexibility index (Phi) is 15.0. The van der Waals surface area contributed by atoms with E-state index in [1.165, 1.54) is 53.6 Å². The number of thioether (sulfide) groups is 2. The first-order valence-corrected chi connectivity index (χ1v) is 26.7. The second-order valence-electron chi connectivity index (χ2n) is 19.1. The average molecular weight is 1070 g/mol. The van der Waals surface area contributed by atoms with E-state index in [2.05, 4.69) is 25.9 Å². The number of fused-ring (bicyclic) bond motifs is 2. The maximum atomic E-state index is 14.8. The fourth-order valence-electron chi connectivity index (χ4n) is 8.39. The number of nitrogens with zero attached hydrogens (tertiary/aromatic N) is 7. The second kappa shape index (κ2) is 21.6. The zero-order valence-corrected chi connectivity index (χ0v) is 44.6. The highest BCUT2D eigenvalue weighted by atomic mass is 32.2. The van der Waals surface area contributed by atoms with Crippen molar-refractivity contribution in [1.29, 1.82) is 0 Å². The van der Waals surface area contributed by atoms with Crippen LogP contribution < -0.4 is 25.7 Å². The lowest BCUT2D eigenvalue weighted by molar-refractivity contribution is -0.646. The number of aromatic nitrogens is 5. The highest BCUT2D eigenvalue weighted by molar-refractivity contribution is 8.01. The van der Waals surface area contributed by atoms with E-state index < -0.39 is 51.9 Å². The molecule has 0 radical (unpaired) electrons. The van der Waals surface area contributed by atoms with Gasteiger partial charge in [-0.2, -0.15) is 4.98 Å². The number of anilines is 2. The Hall–Kier alpha value is -7.75. The minimum atomic E-state index is -1.66. The van der Waals surface area contributed by atoms with Crippen molar-refractivity contribution in [3.8, 4) is 5.75 Å². The van der Waals surface area contributed by atoms with Crippen molar-refractivity contribution in [2.75, 3.05) is 29.7 Å². The van der Waals surface area contributed by atoms with Gasteiger partial charge in [-0.15, -0.1) is 23.1 Å². The fourth-order valence-corrected chi connectivity index (χ4v) is 11.6. The second-order valence-corrected chi connectivity index (χ2v) is 22.0. The van der Waals surface area contributed by atoms with Crippen molar-refractivity contribution in [1.82, 2.24) is 29.8 Å². The summed E-state index contributed by atoms with van der Waals surface area (Å²) in [7, 11) is 3.40. The van der Waals surface area contributed by atoms with Crippen LogP contribution in [-0.4, -0.2) is 95.2 Å². The number of amides is 2. The van der Waals surface area contributed by atoms with Crippen molar-refractivity contribution < 1.29 is 42.8 Å². The maximum absolute atomic E-state index is 14.8. The molecule has 0 spiro atoms. The number of hydrogen-bond donors (Lipinski definition) is 3. The predicted molar refractivity (Wildman–Crippen MR) is 287 cm³/mol. The molecule has 21 heteroatoms. The van der Waals surface area contributed by atoms with E-state index in [1.54, 1.807) is 79.0 Å². The molecule has 1 saturated heterocycles. The number of hydrogen-bond acceptors (Lipinski definition) is 17. The van der Waals surface area contributed by atoms with Crippen LogP contribution in [0.25, 0.3) is 5.65 Å². The van der Waals surface area contributed by atoms with Crippen molar-refractivity contribution in [3.05, 3.63) is 172 Å². The summed E-state index contributed by atoms with van der Waals surface area (Å²) in [6, 6.07) is 37.6. The zero-order valence-electron chi connectivity index (χ0n) is 42.2. The molecule has 4 aromatic carbocycles. The van der Waals surface area contributed by atoms with Gasteiger partial charge in [0.15, 0.2) is 10.8 Å². The van der Waals surface area contributed by atoms with E-state index in [0.717, 1.165) is 16.7 Å². The van der Waals surface area contributed by atoms with Crippen LogP contribution in [0.3, 0.4) is 0 Å². The number of oxime groups is 1. The number of methoxy groups -OCH3 is 1. The molecule has 18 nitrogen and oxygen atoms in total. The molecule has 75 heavy (non-hydrogen) atoms. The molecule has 1 fully saturated rings. The molecule has 2 amide bonds. The largest absolute Gasteiger partial charge is 0.497 e. The molecule has 2 aliphatic rings. The van der Waals surface area contributed by atoms with Gasteiger partial charge in [-0.3, -0.25) is 14.5 Å². The van der Waals surface area contributed by atoms with Gasteiger partial charge in [-0.1, -0.05) is 120 Å². The lowest BCUT2D eigenvalue weighted by Gasteiger charge is -2.49. The van der Waals surface area contributed by atoms with E-state index in [-0.39, 0.29) is 35.3 Å². The molecular formula is C54H55N10O8S3+. The first-order chi connectivity index (χ1) is 36.0. The first-order valence-electron chi connectivity index (χ1n) is 23.8. The minimum absolute atomic E-state index is 0.0618. The summed E-state index contributed by atoms with van der Waals surface area (Å²) in [6.45, 7) is 8.06. The highest BCUT2D eigenvalue weighted by Crippen LogP contribution is 2.43. The molecule has 2 atom stereocenters. The summed E-state index contributed by atoms with van der Waals surface area (Å²) in [5.74, 6) is -1.37. The number of aryl methyl sites for hydroxylation is 1. The standard InChI is InChI=1S/C54H54N10O8S3/c1-52(2,3)71-49(68)53(4,5)72-61-42(39-31-74-50(57-39)60-54(35-17-11-8-12-18-35,36-19-13-9-14-20-36)37-21-15-10-16-22-37)45(65)59-43-46(66)63-44(48(67)70-28-33-23-25-38(69-7)26-24-33)34(29-73-47(43)63)30-75-51-58-40(55)27-41-62(6)32-56-64(41)51/h8-27,31-32,43,47,55H,28-30H2,1-7H3,(H2,57,59,60,65)/p+1/b61-42-. The summed E-state index contributed by atoms with van der Waals surface area (Å²) in [5.41, 5.74) is 7.37. The summed E-state index contributed by atoms with van der Waals surface area (Å²) in [4.78, 5) is 73.7. The number of benzene rings is 4. The fraction of sp³-hybridized carbons (Fsp3) is 0.278. The van der Waals surface area contributed by atoms with Gasteiger partial charge in [0, 0.05) is 22.0 Å². The Balaban J connectivity index is 1.03. The zero-order chi connectivity index (χ0) is 53.1. The van der Waals surface area contributed by atoms with Gasteiger partial charge in [0.05, 0.1) is 20.2 Å². The Morgan fingerprint density at radius 1 is 0.893 bits per heavy atom. The van der Waals surface area contributed by atoms with Crippen LogP contribution in [0.5, 0.6) is 5.75 Å². The van der Waals surface area contributed by atoms with Crippen LogP contribution in [0.1, 0.15) is 62.6 Å². The molecule has 2 aliphatic heterocycles. The van der Waals surface area contributed by atoms with Gasteiger partial charge in [0.1, 0.15) is 52.1 Å². The quantitative estimate of drug-likeness (QED) is 0.0115. The third-order valence-corrected chi connectivity index (χ3v) is 15.3. The van der Waals surface area contributed by atoms with Crippen LogP contribution in [0.4, 0.5) is 10.9 Å². The number of ether oxygens (including phenoxy) is 3. The number of nitrogens with two attached hydrogens (primary N) is 1. The number of esters is 2. The van der Waals surface area contributed by atoms with Crippen LogP contribution >= 0.6 is 34.9 Å². The molecule has 7 aromatic rings. The van der Waals surface area contributed by atoms with Gasteiger partial charge in [-0.05, 0) is 79.1 Å². The molecule has 386 valence electrons. The van der Waals surface area contributed by atoms with Crippen LogP contribution in [-0.2, 0) is 52.7 Å². The Labute approximate surface area is 445 Å². The molecule has 9 rings (SSSR count). The van der Waals surface area contributed by atoms with Crippen LogP contribution in [0, 0.1) is 0 Å². The number of carbonyl (C=O) groups excluding carboxylic acids is 4. The number of thiazole rings is 1. The molecule has 2 unspecified atom stereocenters. The Bertz CT molecular complexity index is 3210. The SMILES string of the molecule is COc1ccc(COC(=O)C2=C(CSc3nc(N)cc4n3nc[n+]4C)CSC3C(NC(=O)/C(=N\OC(C)(C)C(=O)OC(C)(C)C)c4csc(NC(c5ccccc5)(c5ccccc5)c5ccccc5)n4)C(=O)N23)cc1. The first kappa shape index (κ1) is 52.1. The van der Waals surface area contributed by atoms with Crippen molar-refractivity contribution in [3.63, 3.8) is 0 Å². The average Bonchev–Trinajstić information content (AvgIpc) is 4.03. The molecule has 0 saturated carbocycles. The van der Waals surface area contributed by atoms with E-state index in [4.69, 9.17) is 29.8 Å². The normalized spacial score (nSPS) is 16.0.